The minimum atomic E-state index is -3.59. The Balaban J connectivity index is 2.98. The van der Waals surface area contributed by atoms with Crippen molar-refractivity contribution >= 4 is 15.7 Å². The lowest BCUT2D eigenvalue weighted by molar-refractivity contribution is 0.188. The molecule has 108 valence electrons. The van der Waals surface area contributed by atoms with Gasteiger partial charge in [-0.05, 0) is 50.5 Å². The summed E-state index contributed by atoms with van der Waals surface area (Å²) < 4.78 is 32.1. The monoisotopic (exact) mass is 286 g/mol. The fourth-order valence-corrected chi connectivity index (χ4v) is 3.20. The summed E-state index contributed by atoms with van der Waals surface area (Å²) in [6.07, 6.45) is 0.612. The largest absolute Gasteiger partial charge is 0.398 e. The van der Waals surface area contributed by atoms with Gasteiger partial charge in [0.25, 0.3) is 0 Å². The van der Waals surface area contributed by atoms with Crippen LogP contribution in [0.4, 0.5) is 5.69 Å². The van der Waals surface area contributed by atoms with Crippen molar-refractivity contribution in [2.24, 2.45) is 0 Å². The van der Waals surface area contributed by atoms with Gasteiger partial charge in [0.2, 0.25) is 10.0 Å². The van der Waals surface area contributed by atoms with Gasteiger partial charge in [0.15, 0.2) is 0 Å². The fourth-order valence-electron chi connectivity index (χ4n) is 1.73. The molecule has 0 fully saturated rings. The highest BCUT2D eigenvalue weighted by atomic mass is 32.2. The normalized spacial score (nSPS) is 13.5. The Morgan fingerprint density at radius 1 is 1.32 bits per heavy atom. The Kier molecular flexibility index (Phi) is 5.34. The average molecular weight is 286 g/mol. The van der Waals surface area contributed by atoms with Crippen molar-refractivity contribution in [3.05, 3.63) is 23.3 Å². The van der Waals surface area contributed by atoms with Gasteiger partial charge in [-0.15, -0.1) is 0 Å². The van der Waals surface area contributed by atoms with E-state index in [1.54, 1.807) is 26.2 Å². The zero-order valence-electron chi connectivity index (χ0n) is 11.9. The van der Waals surface area contributed by atoms with E-state index in [1.165, 1.54) is 0 Å². The summed E-state index contributed by atoms with van der Waals surface area (Å²) in [4.78, 5) is 0.139. The first kappa shape index (κ1) is 15.9. The molecule has 0 amide bonds. The van der Waals surface area contributed by atoms with Gasteiger partial charge in [-0.1, -0.05) is 0 Å². The number of rotatable bonds is 6. The lowest BCUT2D eigenvalue weighted by Crippen LogP contribution is -2.33. The minimum absolute atomic E-state index is 0.139. The second-order valence-corrected chi connectivity index (χ2v) is 6.46. The number of nitrogens with one attached hydrogen (secondary N) is 1. The van der Waals surface area contributed by atoms with E-state index >= 15 is 0 Å². The third-order valence-electron chi connectivity index (χ3n) is 3.03. The number of aryl methyl sites for hydroxylation is 2. The van der Waals surface area contributed by atoms with Gasteiger partial charge >= 0.3 is 0 Å². The number of benzene rings is 1. The van der Waals surface area contributed by atoms with Gasteiger partial charge < -0.3 is 10.5 Å². The molecule has 0 bridgehead atoms. The van der Waals surface area contributed by atoms with E-state index in [0.717, 1.165) is 11.1 Å². The van der Waals surface area contributed by atoms with Crippen molar-refractivity contribution in [1.82, 2.24) is 4.72 Å². The smallest absolute Gasteiger partial charge is 0.242 e. The maximum atomic E-state index is 12.3. The van der Waals surface area contributed by atoms with Gasteiger partial charge in [0.1, 0.15) is 4.90 Å². The molecule has 0 aliphatic heterocycles. The van der Waals surface area contributed by atoms with Crippen LogP contribution in [-0.4, -0.2) is 28.2 Å². The number of sulfonamides is 1. The topological polar surface area (TPSA) is 81.4 Å². The summed E-state index contributed by atoms with van der Waals surface area (Å²) in [7, 11) is -2.00. The first-order chi connectivity index (χ1) is 8.77. The summed E-state index contributed by atoms with van der Waals surface area (Å²) in [6.45, 7) is 6.07. The van der Waals surface area contributed by atoms with Gasteiger partial charge in [0, 0.05) is 19.8 Å². The van der Waals surface area contributed by atoms with Gasteiger partial charge in [0.05, 0.1) is 5.69 Å². The Bertz CT molecular complexity index is 541. The molecular formula is C13H22N2O3S. The molecule has 0 saturated carbocycles. The molecule has 1 rings (SSSR count). The summed E-state index contributed by atoms with van der Waals surface area (Å²) >= 11 is 0. The van der Waals surface area contributed by atoms with Crippen molar-refractivity contribution in [1.29, 1.82) is 0 Å². The molecule has 0 aliphatic rings. The molecule has 0 heterocycles. The summed E-state index contributed by atoms with van der Waals surface area (Å²) in [6, 6.07) is 3.09. The Morgan fingerprint density at radius 3 is 2.47 bits per heavy atom. The molecule has 1 aromatic rings. The molecule has 0 radical (unpaired) electrons. The Morgan fingerprint density at radius 2 is 1.89 bits per heavy atom. The van der Waals surface area contributed by atoms with Crippen LogP contribution in [-0.2, 0) is 14.8 Å². The quantitative estimate of drug-likeness (QED) is 0.778. The van der Waals surface area contributed by atoms with Crippen LogP contribution in [0.5, 0.6) is 0 Å². The number of ether oxygens (including phenoxy) is 1. The predicted molar refractivity (Wildman–Crippen MR) is 76.6 cm³/mol. The Hall–Kier alpha value is -1.11. The molecule has 19 heavy (non-hydrogen) atoms. The molecule has 1 atom stereocenters. The standard InChI is InChI=1S/C13H22N2O3S/c1-9-7-12(14)13(8-10(9)2)19(16,17)15-11(3)5-6-18-4/h7-8,11,15H,5-6,14H2,1-4H3. The highest BCUT2D eigenvalue weighted by Crippen LogP contribution is 2.22. The lowest BCUT2D eigenvalue weighted by atomic mass is 10.1. The molecular weight excluding hydrogens is 264 g/mol. The SMILES string of the molecule is COCCC(C)NS(=O)(=O)c1cc(C)c(C)cc1N. The van der Waals surface area contributed by atoms with Crippen molar-refractivity contribution < 1.29 is 13.2 Å². The van der Waals surface area contributed by atoms with Crippen LogP contribution >= 0.6 is 0 Å². The van der Waals surface area contributed by atoms with Crippen LogP contribution in [0.25, 0.3) is 0 Å². The van der Waals surface area contributed by atoms with E-state index in [-0.39, 0.29) is 16.6 Å². The fraction of sp³-hybridized carbons (Fsp3) is 0.538. The van der Waals surface area contributed by atoms with Crippen molar-refractivity contribution in [3.63, 3.8) is 0 Å². The molecule has 1 unspecified atom stereocenters. The molecule has 3 N–H and O–H groups in total. The molecule has 0 aromatic heterocycles. The van der Waals surface area contributed by atoms with Crippen LogP contribution in [0.2, 0.25) is 0 Å². The summed E-state index contributed by atoms with van der Waals surface area (Å²) in [5, 5.41) is 0. The van der Waals surface area contributed by atoms with E-state index in [0.29, 0.717) is 13.0 Å². The first-order valence-corrected chi connectivity index (χ1v) is 7.64. The second-order valence-electron chi connectivity index (χ2n) is 4.78. The highest BCUT2D eigenvalue weighted by Gasteiger charge is 2.20. The Labute approximate surface area is 115 Å². The third kappa shape index (κ3) is 4.19. The molecule has 0 saturated heterocycles. The molecule has 0 spiro atoms. The number of hydrogen-bond donors (Lipinski definition) is 2. The zero-order chi connectivity index (χ0) is 14.6. The maximum Gasteiger partial charge on any atom is 0.242 e. The molecule has 0 aliphatic carbocycles. The van der Waals surface area contributed by atoms with Crippen LogP contribution in [0.1, 0.15) is 24.5 Å². The van der Waals surface area contributed by atoms with E-state index in [4.69, 9.17) is 10.5 Å². The molecule has 1 aromatic carbocycles. The average Bonchev–Trinajstić information content (AvgIpc) is 2.30. The molecule has 6 heteroatoms. The van der Waals surface area contributed by atoms with Crippen molar-refractivity contribution in [2.75, 3.05) is 19.5 Å². The zero-order valence-corrected chi connectivity index (χ0v) is 12.7. The van der Waals surface area contributed by atoms with E-state index in [9.17, 15) is 8.42 Å². The maximum absolute atomic E-state index is 12.3. The summed E-state index contributed by atoms with van der Waals surface area (Å²) in [5.74, 6) is 0. The second kappa shape index (κ2) is 6.36. The minimum Gasteiger partial charge on any atom is -0.398 e. The third-order valence-corrected chi connectivity index (χ3v) is 4.67. The molecule has 5 nitrogen and oxygen atoms in total. The van der Waals surface area contributed by atoms with Gasteiger partial charge in [-0.25, -0.2) is 13.1 Å². The van der Waals surface area contributed by atoms with Crippen molar-refractivity contribution in [3.8, 4) is 0 Å². The van der Waals surface area contributed by atoms with Gasteiger partial charge in [-0.2, -0.15) is 0 Å². The predicted octanol–water partition coefficient (Wildman–Crippen LogP) is 1.59. The van der Waals surface area contributed by atoms with Gasteiger partial charge in [-0.3, -0.25) is 0 Å². The van der Waals surface area contributed by atoms with Crippen LogP contribution < -0.4 is 10.5 Å². The van der Waals surface area contributed by atoms with E-state index in [1.807, 2.05) is 13.8 Å². The number of anilines is 1. The van der Waals surface area contributed by atoms with E-state index < -0.39 is 10.0 Å². The van der Waals surface area contributed by atoms with Crippen LogP contribution in [0, 0.1) is 13.8 Å². The van der Waals surface area contributed by atoms with Crippen LogP contribution in [0.3, 0.4) is 0 Å². The van der Waals surface area contributed by atoms with E-state index in [2.05, 4.69) is 4.72 Å². The number of methoxy groups -OCH3 is 1. The summed E-state index contributed by atoms with van der Waals surface area (Å²) in [5.41, 5.74) is 7.96. The van der Waals surface area contributed by atoms with Crippen molar-refractivity contribution in [2.45, 2.75) is 38.1 Å². The highest BCUT2D eigenvalue weighted by molar-refractivity contribution is 7.89. The lowest BCUT2D eigenvalue weighted by Gasteiger charge is -2.16. The number of hydrogen-bond acceptors (Lipinski definition) is 4. The first-order valence-electron chi connectivity index (χ1n) is 6.16. The number of nitrogens with two attached hydrogens (primary N) is 1. The van der Waals surface area contributed by atoms with Crippen LogP contribution in [0.15, 0.2) is 17.0 Å². The number of nitrogen functional groups attached to an aromatic ring is 1.